The van der Waals surface area contributed by atoms with Crippen molar-refractivity contribution in [1.29, 1.82) is 0 Å². The fraction of sp³-hybridized carbons (Fsp3) is 0.533. The number of ether oxygens (including phenoxy) is 1. The van der Waals surface area contributed by atoms with Gasteiger partial charge in [-0.15, -0.1) is 0 Å². The number of aliphatic hydroxyl groups excluding tert-OH is 1. The molecular weight excluding hydrogens is 240 g/mol. The molecule has 2 aromatic rings. The number of hydrogen-bond donors (Lipinski definition) is 1. The van der Waals surface area contributed by atoms with E-state index in [9.17, 15) is 5.11 Å². The maximum atomic E-state index is 10.3. The van der Waals surface area contributed by atoms with Crippen molar-refractivity contribution in [3.63, 3.8) is 0 Å². The molecule has 4 nitrogen and oxygen atoms in total. The molecule has 4 heteroatoms. The van der Waals surface area contributed by atoms with Crippen LogP contribution in [-0.4, -0.2) is 33.5 Å². The van der Waals surface area contributed by atoms with Crippen molar-refractivity contribution in [2.24, 2.45) is 0 Å². The Morgan fingerprint density at radius 3 is 2.68 bits per heavy atom. The number of rotatable bonds is 5. The van der Waals surface area contributed by atoms with Gasteiger partial charge in [0.25, 0.3) is 0 Å². The first-order valence-corrected chi connectivity index (χ1v) is 6.67. The first-order chi connectivity index (χ1) is 8.99. The fourth-order valence-corrected chi connectivity index (χ4v) is 2.19. The number of benzene rings is 1. The highest BCUT2D eigenvalue weighted by Gasteiger charge is 2.29. The number of aromatic nitrogens is 2. The number of fused-ring (bicyclic) bond motifs is 1. The van der Waals surface area contributed by atoms with Crippen molar-refractivity contribution >= 4 is 11.0 Å². The molecule has 1 N–H and O–H groups in total. The summed E-state index contributed by atoms with van der Waals surface area (Å²) in [7, 11) is 1.62. The molecular formula is C15H22N2O2. The van der Waals surface area contributed by atoms with E-state index in [-0.39, 0.29) is 0 Å². The van der Waals surface area contributed by atoms with Crippen LogP contribution in [0, 0.1) is 0 Å². The number of nitrogens with zero attached hydrogens (tertiary/aromatic N) is 2. The molecule has 0 spiro atoms. The van der Waals surface area contributed by atoms with Gasteiger partial charge in [0.05, 0.1) is 22.7 Å². The Kier molecular flexibility index (Phi) is 3.92. The molecule has 19 heavy (non-hydrogen) atoms. The highest BCUT2D eigenvalue weighted by atomic mass is 16.5. The topological polar surface area (TPSA) is 47.3 Å². The lowest BCUT2D eigenvalue weighted by atomic mass is 9.98. The van der Waals surface area contributed by atoms with Gasteiger partial charge in [0, 0.05) is 20.1 Å². The number of para-hydroxylation sites is 2. The smallest absolute Gasteiger partial charge is 0.112 e. The average molecular weight is 262 g/mol. The van der Waals surface area contributed by atoms with Gasteiger partial charge in [-0.1, -0.05) is 12.1 Å². The zero-order valence-electron chi connectivity index (χ0n) is 12.1. The number of hydrogen-bond acceptors (Lipinski definition) is 3. The van der Waals surface area contributed by atoms with Gasteiger partial charge in [-0.25, -0.2) is 4.98 Å². The Morgan fingerprint density at radius 1 is 1.37 bits per heavy atom. The SMILES string of the molecule is CCn1c(CC(O)C(C)(C)OC)nc2ccccc21. The Balaban J connectivity index is 2.35. The second-order valence-electron chi connectivity index (χ2n) is 5.29. The summed E-state index contributed by atoms with van der Waals surface area (Å²) in [5.74, 6) is 0.904. The molecule has 0 aliphatic heterocycles. The molecule has 0 saturated heterocycles. The van der Waals surface area contributed by atoms with Gasteiger partial charge in [0.2, 0.25) is 0 Å². The van der Waals surface area contributed by atoms with E-state index >= 15 is 0 Å². The molecule has 0 aliphatic rings. The van der Waals surface area contributed by atoms with Crippen molar-refractivity contribution in [3.05, 3.63) is 30.1 Å². The number of aryl methyl sites for hydroxylation is 1. The predicted octanol–water partition coefficient (Wildman–Crippen LogP) is 2.38. The molecule has 2 rings (SSSR count). The summed E-state index contributed by atoms with van der Waals surface area (Å²) in [5, 5.41) is 10.3. The van der Waals surface area contributed by atoms with Crippen molar-refractivity contribution in [3.8, 4) is 0 Å². The maximum Gasteiger partial charge on any atom is 0.112 e. The predicted molar refractivity (Wildman–Crippen MR) is 76.2 cm³/mol. The highest BCUT2D eigenvalue weighted by molar-refractivity contribution is 5.75. The van der Waals surface area contributed by atoms with Crippen LogP contribution < -0.4 is 0 Å². The van der Waals surface area contributed by atoms with Crippen molar-refractivity contribution in [1.82, 2.24) is 9.55 Å². The summed E-state index contributed by atoms with van der Waals surface area (Å²) in [4.78, 5) is 4.62. The molecule has 1 aromatic heterocycles. The summed E-state index contributed by atoms with van der Waals surface area (Å²) in [6.07, 6.45) is -0.0942. The molecule has 0 aliphatic carbocycles. The molecule has 1 aromatic carbocycles. The van der Waals surface area contributed by atoms with E-state index in [1.807, 2.05) is 32.0 Å². The average Bonchev–Trinajstić information content (AvgIpc) is 2.75. The lowest BCUT2D eigenvalue weighted by Gasteiger charge is -2.28. The monoisotopic (exact) mass is 262 g/mol. The molecule has 0 saturated carbocycles. The van der Waals surface area contributed by atoms with E-state index in [1.54, 1.807) is 7.11 Å². The molecule has 0 amide bonds. The van der Waals surface area contributed by atoms with Gasteiger partial charge >= 0.3 is 0 Å². The summed E-state index contributed by atoms with van der Waals surface area (Å²) in [5.41, 5.74) is 1.51. The third-order valence-corrected chi connectivity index (χ3v) is 3.75. The summed E-state index contributed by atoms with van der Waals surface area (Å²) in [6, 6.07) is 8.05. The third-order valence-electron chi connectivity index (χ3n) is 3.75. The van der Waals surface area contributed by atoms with Crippen LogP contribution in [0.4, 0.5) is 0 Å². The van der Waals surface area contributed by atoms with Crippen molar-refractivity contribution in [2.45, 2.75) is 45.4 Å². The Hall–Kier alpha value is -1.39. The van der Waals surface area contributed by atoms with Crippen LogP contribution in [-0.2, 0) is 17.7 Å². The van der Waals surface area contributed by atoms with Gasteiger partial charge in [0.15, 0.2) is 0 Å². The fourth-order valence-electron chi connectivity index (χ4n) is 2.19. The number of methoxy groups -OCH3 is 1. The maximum absolute atomic E-state index is 10.3. The standard InChI is InChI=1S/C15H22N2O2/c1-5-17-12-9-7-6-8-11(12)16-14(17)10-13(18)15(2,3)19-4/h6-9,13,18H,5,10H2,1-4H3. The van der Waals surface area contributed by atoms with Crippen LogP contribution in [0.15, 0.2) is 24.3 Å². The van der Waals surface area contributed by atoms with E-state index in [1.165, 1.54) is 0 Å². The van der Waals surface area contributed by atoms with Crippen LogP contribution in [0.2, 0.25) is 0 Å². The van der Waals surface area contributed by atoms with Gasteiger partial charge in [-0.05, 0) is 32.9 Å². The van der Waals surface area contributed by atoms with Crippen LogP contribution in [0.1, 0.15) is 26.6 Å². The molecule has 0 bridgehead atoms. The normalized spacial score (nSPS) is 13.9. The molecule has 104 valence electrons. The zero-order valence-corrected chi connectivity index (χ0v) is 12.1. The molecule has 0 fully saturated rings. The van der Waals surface area contributed by atoms with Crippen LogP contribution >= 0.6 is 0 Å². The van der Waals surface area contributed by atoms with E-state index < -0.39 is 11.7 Å². The second kappa shape index (κ2) is 5.31. The third kappa shape index (κ3) is 2.65. The van der Waals surface area contributed by atoms with E-state index in [2.05, 4.69) is 22.5 Å². The number of aliphatic hydroxyl groups is 1. The van der Waals surface area contributed by atoms with Crippen molar-refractivity contribution in [2.75, 3.05) is 7.11 Å². The Bertz CT molecular complexity index is 560. The molecule has 1 heterocycles. The zero-order chi connectivity index (χ0) is 14.0. The largest absolute Gasteiger partial charge is 0.390 e. The summed E-state index contributed by atoms with van der Waals surface area (Å²) < 4.78 is 7.48. The summed E-state index contributed by atoms with van der Waals surface area (Å²) >= 11 is 0. The number of imidazole rings is 1. The minimum absolute atomic E-state index is 0.489. The van der Waals surface area contributed by atoms with Gasteiger partial charge < -0.3 is 14.4 Å². The van der Waals surface area contributed by atoms with Crippen LogP contribution in [0.25, 0.3) is 11.0 Å². The lowest BCUT2D eigenvalue weighted by Crippen LogP contribution is -2.40. The molecule has 1 unspecified atom stereocenters. The first kappa shape index (κ1) is 14.0. The lowest BCUT2D eigenvalue weighted by molar-refractivity contribution is -0.0773. The van der Waals surface area contributed by atoms with E-state index in [0.29, 0.717) is 6.42 Å². The quantitative estimate of drug-likeness (QED) is 0.900. The van der Waals surface area contributed by atoms with Gasteiger partial charge in [-0.2, -0.15) is 0 Å². The Labute approximate surface area is 114 Å². The molecule has 0 radical (unpaired) electrons. The second-order valence-corrected chi connectivity index (χ2v) is 5.29. The first-order valence-electron chi connectivity index (χ1n) is 6.67. The minimum Gasteiger partial charge on any atom is -0.390 e. The van der Waals surface area contributed by atoms with E-state index in [4.69, 9.17) is 4.74 Å². The molecule has 1 atom stereocenters. The van der Waals surface area contributed by atoms with Gasteiger partial charge in [0.1, 0.15) is 5.82 Å². The van der Waals surface area contributed by atoms with Gasteiger partial charge in [-0.3, -0.25) is 0 Å². The minimum atomic E-state index is -0.584. The van der Waals surface area contributed by atoms with Crippen LogP contribution in [0.5, 0.6) is 0 Å². The van der Waals surface area contributed by atoms with Crippen molar-refractivity contribution < 1.29 is 9.84 Å². The van der Waals surface area contributed by atoms with E-state index in [0.717, 1.165) is 23.4 Å². The highest BCUT2D eigenvalue weighted by Crippen LogP contribution is 2.21. The van der Waals surface area contributed by atoms with Crippen LogP contribution in [0.3, 0.4) is 0 Å². The summed E-state index contributed by atoms with van der Waals surface area (Å²) in [6.45, 7) is 6.70. The Morgan fingerprint density at radius 2 is 2.05 bits per heavy atom.